The zero-order valence-electron chi connectivity index (χ0n) is 16.5. The number of carbonyl (C=O) groups excluding carboxylic acids is 3. The first-order valence-electron chi connectivity index (χ1n) is 10.6. The lowest BCUT2D eigenvalue weighted by Gasteiger charge is -2.41. The van der Waals surface area contributed by atoms with Gasteiger partial charge in [-0.2, -0.15) is 0 Å². The summed E-state index contributed by atoms with van der Waals surface area (Å²) in [5.41, 5.74) is 5.41. The topological polar surface area (TPSA) is 95.7 Å². The van der Waals surface area contributed by atoms with Crippen LogP contribution in [-0.4, -0.2) is 66.8 Å². The van der Waals surface area contributed by atoms with Crippen molar-refractivity contribution in [3.05, 3.63) is 0 Å². The van der Waals surface area contributed by atoms with Crippen LogP contribution in [0.25, 0.3) is 0 Å². The predicted molar refractivity (Wildman–Crippen MR) is 105 cm³/mol. The van der Waals surface area contributed by atoms with Gasteiger partial charge in [0.25, 0.3) is 0 Å². The molecule has 2 rings (SSSR count). The predicted octanol–water partition coefficient (Wildman–Crippen LogP) is 1.26. The molecule has 7 heteroatoms. The van der Waals surface area contributed by atoms with Crippen molar-refractivity contribution in [3.8, 4) is 0 Å². The summed E-state index contributed by atoms with van der Waals surface area (Å²) in [6, 6.07) is 0.544. The molecule has 2 aliphatic rings. The van der Waals surface area contributed by atoms with E-state index in [1.165, 1.54) is 0 Å². The van der Waals surface area contributed by atoms with E-state index in [0.717, 1.165) is 96.9 Å². The summed E-state index contributed by atoms with van der Waals surface area (Å²) in [5, 5.41) is 2.67. The van der Waals surface area contributed by atoms with Crippen molar-refractivity contribution in [2.45, 2.75) is 70.3 Å². The van der Waals surface area contributed by atoms with Gasteiger partial charge in [0.05, 0.1) is 0 Å². The maximum absolute atomic E-state index is 12.4. The Bertz CT molecular complexity index is 470. The van der Waals surface area contributed by atoms with E-state index in [1.807, 2.05) is 4.90 Å². The summed E-state index contributed by atoms with van der Waals surface area (Å²) >= 11 is 0. The van der Waals surface area contributed by atoms with Crippen molar-refractivity contribution in [2.75, 3.05) is 32.7 Å². The van der Waals surface area contributed by atoms with Gasteiger partial charge in [-0.25, -0.2) is 0 Å². The second kappa shape index (κ2) is 12.0. The second-order valence-electron chi connectivity index (χ2n) is 7.91. The Kier molecular flexibility index (Phi) is 9.59. The molecule has 0 atom stereocenters. The highest BCUT2D eigenvalue weighted by atomic mass is 16.2. The van der Waals surface area contributed by atoms with Crippen LogP contribution in [0.15, 0.2) is 0 Å². The molecule has 0 aromatic heterocycles. The van der Waals surface area contributed by atoms with E-state index in [1.54, 1.807) is 0 Å². The Balaban J connectivity index is 1.54. The summed E-state index contributed by atoms with van der Waals surface area (Å²) < 4.78 is 0. The molecule has 3 N–H and O–H groups in total. The Morgan fingerprint density at radius 1 is 0.926 bits per heavy atom. The number of nitrogens with one attached hydrogen (secondary N) is 1. The minimum atomic E-state index is -0.160. The molecule has 27 heavy (non-hydrogen) atoms. The lowest BCUT2D eigenvalue weighted by molar-refractivity contribution is -0.133. The van der Waals surface area contributed by atoms with Crippen LogP contribution in [0.1, 0.15) is 64.2 Å². The van der Waals surface area contributed by atoms with Crippen LogP contribution in [0.5, 0.6) is 0 Å². The van der Waals surface area contributed by atoms with Gasteiger partial charge in [0.2, 0.25) is 18.2 Å². The molecule has 3 amide bonds. The van der Waals surface area contributed by atoms with E-state index >= 15 is 0 Å². The van der Waals surface area contributed by atoms with Crippen LogP contribution in [0.2, 0.25) is 0 Å². The van der Waals surface area contributed by atoms with E-state index in [-0.39, 0.29) is 11.8 Å². The van der Waals surface area contributed by atoms with Crippen molar-refractivity contribution >= 4 is 18.2 Å². The number of carbonyl (C=O) groups is 3. The fraction of sp³-hybridized carbons (Fsp3) is 0.850. The molecule has 0 bridgehead atoms. The first-order valence-corrected chi connectivity index (χ1v) is 10.6. The maximum Gasteiger partial charge on any atom is 0.222 e. The van der Waals surface area contributed by atoms with Crippen molar-refractivity contribution in [2.24, 2.45) is 11.7 Å². The second-order valence-corrected chi connectivity index (χ2v) is 7.91. The molecule has 0 spiro atoms. The number of amides is 3. The molecule has 7 nitrogen and oxygen atoms in total. The Morgan fingerprint density at radius 2 is 1.56 bits per heavy atom. The van der Waals surface area contributed by atoms with Crippen LogP contribution in [0.3, 0.4) is 0 Å². The fourth-order valence-corrected chi connectivity index (χ4v) is 4.28. The highest BCUT2D eigenvalue weighted by molar-refractivity contribution is 5.77. The number of unbranched alkanes of at least 4 members (excludes halogenated alkanes) is 4. The van der Waals surface area contributed by atoms with Gasteiger partial charge in [0.1, 0.15) is 0 Å². The fourth-order valence-electron chi connectivity index (χ4n) is 4.28. The highest BCUT2D eigenvalue weighted by Crippen LogP contribution is 2.24. The molecule has 0 aliphatic carbocycles. The monoisotopic (exact) mass is 380 g/mol. The van der Waals surface area contributed by atoms with Crippen molar-refractivity contribution < 1.29 is 14.4 Å². The summed E-state index contributed by atoms with van der Waals surface area (Å²) in [6.45, 7) is 4.37. The number of likely N-dealkylation sites (tertiary alicyclic amines) is 2. The molecule has 0 unspecified atom stereocenters. The Labute approximate surface area is 163 Å². The molecule has 2 saturated heterocycles. The molecule has 0 radical (unpaired) electrons. The molecule has 0 saturated carbocycles. The number of nitrogens with two attached hydrogens (primary N) is 1. The average molecular weight is 381 g/mol. The lowest BCUT2D eigenvalue weighted by Crippen LogP contribution is -2.49. The van der Waals surface area contributed by atoms with Gasteiger partial charge >= 0.3 is 0 Å². The largest absolute Gasteiger partial charge is 0.369 e. The van der Waals surface area contributed by atoms with Crippen LogP contribution in [0, 0.1) is 5.92 Å². The van der Waals surface area contributed by atoms with Gasteiger partial charge in [-0.1, -0.05) is 19.3 Å². The molecule has 154 valence electrons. The smallest absolute Gasteiger partial charge is 0.222 e. The minimum Gasteiger partial charge on any atom is -0.369 e. The molecular formula is C20H36N4O3. The number of hydrogen-bond donors (Lipinski definition) is 2. The number of piperidine rings is 2. The van der Waals surface area contributed by atoms with Crippen LogP contribution >= 0.6 is 0 Å². The molecule has 2 heterocycles. The minimum absolute atomic E-state index is 0.0456. The zero-order valence-corrected chi connectivity index (χ0v) is 16.5. The van der Waals surface area contributed by atoms with E-state index in [0.29, 0.717) is 18.4 Å². The van der Waals surface area contributed by atoms with Crippen LogP contribution in [-0.2, 0) is 14.4 Å². The first kappa shape index (κ1) is 21.7. The van der Waals surface area contributed by atoms with Gasteiger partial charge in [0, 0.05) is 38.0 Å². The normalized spacial score (nSPS) is 19.8. The van der Waals surface area contributed by atoms with Crippen LogP contribution < -0.4 is 11.1 Å². The molecule has 0 aromatic carbocycles. The molecule has 0 aromatic rings. The summed E-state index contributed by atoms with van der Waals surface area (Å²) in [4.78, 5) is 38.3. The quantitative estimate of drug-likeness (QED) is 0.417. The van der Waals surface area contributed by atoms with Gasteiger partial charge in [-0.05, 0) is 51.6 Å². The molecular weight excluding hydrogens is 344 g/mol. The third-order valence-corrected chi connectivity index (χ3v) is 6.06. The van der Waals surface area contributed by atoms with E-state index in [9.17, 15) is 14.4 Å². The Hall–Kier alpha value is -1.63. The first-order chi connectivity index (χ1) is 13.1. The zero-order chi connectivity index (χ0) is 19.5. The standard InChI is InChI=1S/C20H36N4O3/c21-20(27)17-7-12-23(13-8-17)18-9-14-24(15-10-18)19(26)6-4-2-1-3-5-11-22-16-25/h16-18H,1-15H2,(H2,21,27)(H,22,25). The summed E-state index contributed by atoms with van der Waals surface area (Å²) in [6.07, 6.45) is 10.5. The third-order valence-electron chi connectivity index (χ3n) is 6.06. The van der Waals surface area contributed by atoms with Gasteiger partial charge in [-0.3, -0.25) is 14.4 Å². The van der Waals surface area contributed by atoms with E-state index in [4.69, 9.17) is 5.73 Å². The van der Waals surface area contributed by atoms with Crippen molar-refractivity contribution in [1.82, 2.24) is 15.1 Å². The van der Waals surface area contributed by atoms with Gasteiger partial charge in [-0.15, -0.1) is 0 Å². The molecule has 2 fully saturated rings. The van der Waals surface area contributed by atoms with Gasteiger partial charge in [0.15, 0.2) is 0 Å². The summed E-state index contributed by atoms with van der Waals surface area (Å²) in [7, 11) is 0. The highest BCUT2D eigenvalue weighted by Gasteiger charge is 2.30. The van der Waals surface area contributed by atoms with Crippen molar-refractivity contribution in [3.63, 3.8) is 0 Å². The van der Waals surface area contributed by atoms with E-state index in [2.05, 4.69) is 10.2 Å². The number of hydrogen-bond acceptors (Lipinski definition) is 4. The number of primary amides is 1. The van der Waals surface area contributed by atoms with Crippen molar-refractivity contribution in [1.29, 1.82) is 0 Å². The summed E-state index contributed by atoms with van der Waals surface area (Å²) in [5.74, 6) is 0.181. The maximum atomic E-state index is 12.4. The van der Waals surface area contributed by atoms with E-state index < -0.39 is 0 Å². The third kappa shape index (κ3) is 7.48. The number of nitrogens with zero attached hydrogens (tertiary/aromatic N) is 2. The Morgan fingerprint density at radius 3 is 2.19 bits per heavy atom. The molecule has 2 aliphatic heterocycles. The van der Waals surface area contributed by atoms with Crippen LogP contribution in [0.4, 0.5) is 0 Å². The average Bonchev–Trinajstić information content (AvgIpc) is 2.70. The number of rotatable bonds is 11. The SMILES string of the molecule is NC(=O)C1CCN(C2CCN(C(=O)CCCCCCCNC=O)CC2)CC1. The lowest BCUT2D eigenvalue weighted by atomic mass is 9.93. The van der Waals surface area contributed by atoms with Gasteiger partial charge < -0.3 is 20.9 Å².